The van der Waals surface area contributed by atoms with Crippen LogP contribution in [-0.4, -0.2) is 46.0 Å². The van der Waals surface area contributed by atoms with Gasteiger partial charge in [0.05, 0.1) is 11.4 Å². The molecule has 28 heavy (non-hydrogen) atoms. The predicted molar refractivity (Wildman–Crippen MR) is 111 cm³/mol. The summed E-state index contributed by atoms with van der Waals surface area (Å²) in [6, 6.07) is 12.5. The number of carbonyl (C=O) groups excluding carboxylic acids is 1. The van der Waals surface area contributed by atoms with Gasteiger partial charge < -0.3 is 4.98 Å². The van der Waals surface area contributed by atoms with Gasteiger partial charge >= 0.3 is 0 Å². The van der Waals surface area contributed by atoms with Crippen LogP contribution in [0.4, 0.5) is 0 Å². The number of benzene rings is 1. The molecule has 2 aliphatic heterocycles. The number of carbonyl (C=O) groups is 1. The molecule has 5 rings (SSSR count). The summed E-state index contributed by atoms with van der Waals surface area (Å²) in [5.74, 6) is 0.125. The van der Waals surface area contributed by atoms with E-state index >= 15 is 0 Å². The highest BCUT2D eigenvalue weighted by atomic mass is 16.1. The Bertz CT molecular complexity index is 1090. The van der Waals surface area contributed by atoms with Gasteiger partial charge in [-0.15, -0.1) is 0 Å². The zero-order chi connectivity index (χ0) is 18.9. The average Bonchev–Trinajstić information content (AvgIpc) is 3.00. The van der Waals surface area contributed by atoms with Crippen molar-refractivity contribution in [3.63, 3.8) is 0 Å². The highest BCUT2D eigenvalue weighted by Gasteiger charge is 2.19. The molecule has 1 N–H and O–H groups in total. The van der Waals surface area contributed by atoms with Gasteiger partial charge in [0.15, 0.2) is 5.78 Å². The van der Waals surface area contributed by atoms with Gasteiger partial charge in [-0.2, -0.15) is 0 Å². The van der Waals surface area contributed by atoms with Crippen LogP contribution in [0.5, 0.6) is 0 Å². The Hall–Kier alpha value is -3.05. The van der Waals surface area contributed by atoms with E-state index in [4.69, 9.17) is 0 Å². The number of hydrogen-bond donors (Lipinski definition) is 1. The molecule has 0 saturated carbocycles. The number of nitrogens with one attached hydrogen (secondary N) is 1. The van der Waals surface area contributed by atoms with Gasteiger partial charge in [-0.25, -0.2) is 0 Å². The van der Waals surface area contributed by atoms with Crippen molar-refractivity contribution in [2.75, 3.05) is 19.6 Å². The van der Waals surface area contributed by atoms with Gasteiger partial charge in [0, 0.05) is 53.9 Å². The molecule has 140 valence electrons. The summed E-state index contributed by atoms with van der Waals surface area (Å²) >= 11 is 0. The molecular weight excluding hydrogens is 348 g/mol. The van der Waals surface area contributed by atoms with Gasteiger partial charge in [0.25, 0.3) is 0 Å². The minimum absolute atomic E-state index is 0.125. The van der Waals surface area contributed by atoms with Crippen LogP contribution in [0.25, 0.3) is 16.5 Å². The third kappa shape index (κ3) is 3.29. The highest BCUT2D eigenvalue weighted by Crippen LogP contribution is 2.26. The molecule has 2 aliphatic rings. The number of aliphatic imine (C=N–C) groups is 1. The van der Waals surface area contributed by atoms with Crippen molar-refractivity contribution in [2.45, 2.75) is 19.4 Å². The number of fused-ring (bicyclic) bond motifs is 1. The largest absolute Gasteiger partial charge is 0.354 e. The number of H-pyrrole nitrogens is 1. The van der Waals surface area contributed by atoms with Crippen LogP contribution in [-0.2, 0) is 11.3 Å². The lowest BCUT2D eigenvalue weighted by Crippen LogP contribution is -2.36. The van der Waals surface area contributed by atoms with E-state index in [1.807, 2.05) is 18.2 Å². The third-order valence-electron chi connectivity index (χ3n) is 5.51. The minimum atomic E-state index is 0.125. The number of aromatic amines is 1. The average molecular weight is 370 g/mol. The van der Waals surface area contributed by atoms with E-state index in [-0.39, 0.29) is 5.78 Å². The normalized spacial score (nSPS) is 17.8. The number of hydrogen-bond acceptors (Lipinski definition) is 4. The fourth-order valence-electron chi connectivity index (χ4n) is 3.82. The van der Waals surface area contributed by atoms with Crippen molar-refractivity contribution in [3.05, 3.63) is 71.7 Å². The first-order valence-electron chi connectivity index (χ1n) is 9.80. The monoisotopic (exact) mass is 370 g/mol. The van der Waals surface area contributed by atoms with E-state index in [0.29, 0.717) is 18.5 Å². The molecule has 4 heterocycles. The number of allylic oxidation sites excluding steroid dienone is 2. The number of ketones is 1. The van der Waals surface area contributed by atoms with Crippen LogP contribution in [0.1, 0.15) is 29.7 Å². The lowest BCUT2D eigenvalue weighted by molar-refractivity contribution is -0.113. The number of nitrogens with zero attached hydrogens (tertiary/aromatic N) is 3. The molecule has 5 heteroatoms. The van der Waals surface area contributed by atoms with Gasteiger partial charge in [0.2, 0.25) is 0 Å². The molecule has 0 aliphatic carbocycles. The summed E-state index contributed by atoms with van der Waals surface area (Å²) in [7, 11) is 0. The van der Waals surface area contributed by atoms with Crippen molar-refractivity contribution in [1.29, 1.82) is 0 Å². The van der Waals surface area contributed by atoms with E-state index in [1.54, 1.807) is 12.4 Å². The van der Waals surface area contributed by atoms with Gasteiger partial charge in [-0.3, -0.25) is 19.7 Å². The molecule has 0 bridgehead atoms. The van der Waals surface area contributed by atoms with Crippen molar-refractivity contribution < 1.29 is 4.79 Å². The quantitative estimate of drug-likeness (QED) is 0.763. The molecule has 0 unspecified atom stereocenters. The third-order valence-corrected chi connectivity index (χ3v) is 5.51. The van der Waals surface area contributed by atoms with E-state index in [1.165, 1.54) is 25.1 Å². The molecule has 1 saturated heterocycles. The van der Waals surface area contributed by atoms with Gasteiger partial charge in [-0.05, 0) is 61.5 Å². The smallest absolute Gasteiger partial charge is 0.166 e. The zero-order valence-corrected chi connectivity index (χ0v) is 15.7. The maximum atomic E-state index is 12.7. The molecule has 0 amide bonds. The first-order valence-corrected chi connectivity index (χ1v) is 9.80. The van der Waals surface area contributed by atoms with Crippen molar-refractivity contribution in [2.24, 2.45) is 4.99 Å². The molecular formula is C23H22N4O. The van der Waals surface area contributed by atoms with Crippen LogP contribution in [0.3, 0.4) is 0 Å². The number of likely N-dealkylation sites (tertiary alicyclic amines) is 1. The van der Waals surface area contributed by atoms with Crippen LogP contribution >= 0.6 is 0 Å². The Morgan fingerprint density at radius 2 is 1.93 bits per heavy atom. The molecule has 0 spiro atoms. The van der Waals surface area contributed by atoms with Crippen LogP contribution < -0.4 is 0 Å². The summed E-state index contributed by atoms with van der Waals surface area (Å²) in [6.07, 6.45) is 7.14. The van der Waals surface area contributed by atoms with Crippen LogP contribution in [0, 0.1) is 0 Å². The second-order valence-corrected chi connectivity index (χ2v) is 7.47. The lowest BCUT2D eigenvalue weighted by Gasteiger charge is -2.30. The fraction of sp³-hybridized carbons (Fsp3) is 0.261. The van der Waals surface area contributed by atoms with Gasteiger partial charge in [-0.1, -0.05) is 6.07 Å². The van der Waals surface area contributed by atoms with E-state index < -0.39 is 0 Å². The topological polar surface area (TPSA) is 61.4 Å². The fourth-order valence-corrected chi connectivity index (χ4v) is 3.82. The molecule has 0 atom stereocenters. The Labute approximate surface area is 163 Å². The first kappa shape index (κ1) is 17.1. The van der Waals surface area contributed by atoms with Crippen molar-refractivity contribution in [3.8, 4) is 0 Å². The summed E-state index contributed by atoms with van der Waals surface area (Å²) in [5, 5.41) is 1.15. The SMILES string of the molecule is O=C1CCN=C(c2ccncc2)C=C1c1cc2cc(CN3CCC3)ccc2[nH]1. The maximum absolute atomic E-state index is 12.7. The summed E-state index contributed by atoms with van der Waals surface area (Å²) in [4.78, 5) is 27.3. The lowest BCUT2D eigenvalue weighted by atomic mass is 10.0. The maximum Gasteiger partial charge on any atom is 0.166 e. The molecule has 2 aromatic heterocycles. The molecule has 0 radical (unpaired) electrons. The predicted octanol–water partition coefficient (Wildman–Crippen LogP) is 3.61. The summed E-state index contributed by atoms with van der Waals surface area (Å²) < 4.78 is 0. The van der Waals surface area contributed by atoms with E-state index in [0.717, 1.165) is 34.4 Å². The number of pyridine rings is 1. The molecule has 3 aromatic rings. The number of Topliss-reactive ketones (excluding diaryl/α,β-unsaturated/α-hetero) is 1. The van der Waals surface area contributed by atoms with Crippen LogP contribution in [0.2, 0.25) is 0 Å². The van der Waals surface area contributed by atoms with E-state index in [9.17, 15) is 4.79 Å². The molecule has 1 aromatic carbocycles. The van der Waals surface area contributed by atoms with Crippen molar-refractivity contribution in [1.82, 2.24) is 14.9 Å². The Kier molecular flexibility index (Phi) is 4.37. The second kappa shape index (κ2) is 7.17. The zero-order valence-electron chi connectivity index (χ0n) is 15.7. The number of rotatable bonds is 4. The van der Waals surface area contributed by atoms with Gasteiger partial charge in [0.1, 0.15) is 0 Å². The molecule has 5 nitrogen and oxygen atoms in total. The Balaban J connectivity index is 1.50. The van der Waals surface area contributed by atoms with E-state index in [2.05, 4.69) is 44.1 Å². The summed E-state index contributed by atoms with van der Waals surface area (Å²) in [5.41, 5.74) is 5.76. The summed E-state index contributed by atoms with van der Waals surface area (Å²) in [6.45, 7) is 3.89. The number of aromatic nitrogens is 2. The second-order valence-electron chi connectivity index (χ2n) is 7.47. The Morgan fingerprint density at radius 1 is 1.07 bits per heavy atom. The minimum Gasteiger partial charge on any atom is -0.354 e. The standard InChI is InChI=1S/C23H22N4O/c28-23-6-9-25-21(17-4-7-24-8-5-17)14-19(23)22-13-18-12-16(2-3-20(18)26-22)15-27-10-1-11-27/h2-5,7-8,12-14,26H,1,6,9-11,15H2. The highest BCUT2D eigenvalue weighted by molar-refractivity contribution is 6.28. The van der Waals surface area contributed by atoms with Crippen molar-refractivity contribution >= 4 is 28.0 Å². The first-order chi connectivity index (χ1) is 13.8. The molecule has 1 fully saturated rings. The Morgan fingerprint density at radius 3 is 2.71 bits per heavy atom. The van der Waals surface area contributed by atoms with Crippen LogP contribution in [0.15, 0.2) is 59.9 Å².